The lowest BCUT2D eigenvalue weighted by Crippen LogP contribution is -2.41. The van der Waals surface area contributed by atoms with Crippen LogP contribution in [0.4, 0.5) is 5.69 Å². The molecule has 1 N–H and O–H groups in total. The number of hydrogen-bond acceptors (Lipinski definition) is 2. The number of hydrazine groups is 1. The molecule has 0 aromatic heterocycles. The van der Waals surface area contributed by atoms with Crippen LogP contribution < -0.4 is 10.4 Å². The second-order valence-electron chi connectivity index (χ2n) is 5.09. The van der Waals surface area contributed by atoms with E-state index in [9.17, 15) is 4.79 Å². The molecule has 0 aliphatic carbocycles. The summed E-state index contributed by atoms with van der Waals surface area (Å²) in [6.07, 6.45) is 2.16. The fraction of sp³-hybridized carbons (Fsp3) is 0.278. The van der Waals surface area contributed by atoms with Gasteiger partial charge in [0.2, 0.25) is 5.91 Å². The van der Waals surface area contributed by atoms with E-state index in [-0.39, 0.29) is 5.91 Å². The number of unbranched alkanes of at least 4 members (excludes halogenated alkanes) is 1. The highest BCUT2D eigenvalue weighted by molar-refractivity contribution is 6.17. The number of carbonyl (C=O) groups excluding carboxylic acids is 1. The van der Waals surface area contributed by atoms with Gasteiger partial charge in [-0.25, -0.2) is 0 Å². The predicted molar refractivity (Wildman–Crippen MR) is 91.8 cm³/mol. The van der Waals surface area contributed by atoms with Crippen LogP contribution >= 0.6 is 11.6 Å². The zero-order valence-electron chi connectivity index (χ0n) is 12.5. The number of anilines is 1. The van der Waals surface area contributed by atoms with Crippen LogP contribution in [0.3, 0.4) is 0 Å². The first-order valence-electron chi connectivity index (χ1n) is 7.51. The van der Waals surface area contributed by atoms with E-state index in [0.717, 1.165) is 24.1 Å². The Balaban J connectivity index is 2.04. The van der Waals surface area contributed by atoms with E-state index in [4.69, 9.17) is 11.6 Å². The Hall–Kier alpha value is -2.00. The first-order valence-corrected chi connectivity index (χ1v) is 8.05. The van der Waals surface area contributed by atoms with Crippen molar-refractivity contribution in [2.75, 3.05) is 10.9 Å². The summed E-state index contributed by atoms with van der Waals surface area (Å²) in [7, 11) is 0. The monoisotopic (exact) mass is 316 g/mol. The average Bonchev–Trinajstić information content (AvgIpc) is 2.56. The number of carbonyl (C=O) groups is 1. The maximum absolute atomic E-state index is 12.1. The molecule has 0 spiro atoms. The van der Waals surface area contributed by atoms with E-state index < -0.39 is 0 Å². The van der Waals surface area contributed by atoms with Gasteiger partial charge in [0.1, 0.15) is 0 Å². The minimum atomic E-state index is 0.0184. The average molecular weight is 317 g/mol. The minimum absolute atomic E-state index is 0.0184. The van der Waals surface area contributed by atoms with Crippen molar-refractivity contribution in [3.8, 4) is 0 Å². The molecule has 22 heavy (non-hydrogen) atoms. The largest absolute Gasteiger partial charge is 0.281 e. The van der Waals surface area contributed by atoms with Gasteiger partial charge >= 0.3 is 0 Å². The Morgan fingerprint density at radius 1 is 0.955 bits per heavy atom. The molecule has 0 heterocycles. The molecule has 0 aliphatic rings. The number of alkyl halides is 1. The molecule has 0 saturated carbocycles. The summed E-state index contributed by atoms with van der Waals surface area (Å²) in [4.78, 5) is 12.1. The van der Waals surface area contributed by atoms with Crippen molar-refractivity contribution in [2.24, 2.45) is 0 Å². The van der Waals surface area contributed by atoms with Gasteiger partial charge in [0.15, 0.2) is 0 Å². The van der Waals surface area contributed by atoms with Gasteiger partial charge in [0.25, 0.3) is 0 Å². The third-order valence-corrected chi connectivity index (χ3v) is 3.57. The van der Waals surface area contributed by atoms with E-state index in [0.29, 0.717) is 18.8 Å². The van der Waals surface area contributed by atoms with Crippen molar-refractivity contribution < 1.29 is 4.79 Å². The van der Waals surface area contributed by atoms with Gasteiger partial charge in [-0.1, -0.05) is 48.5 Å². The number of benzene rings is 2. The van der Waals surface area contributed by atoms with Crippen molar-refractivity contribution in [1.29, 1.82) is 0 Å². The summed E-state index contributed by atoms with van der Waals surface area (Å²) in [6.45, 7) is 0.631. The molecule has 0 fully saturated rings. The van der Waals surface area contributed by atoms with Crippen LogP contribution in [0.15, 0.2) is 60.7 Å². The first kappa shape index (κ1) is 16.4. The number of nitrogens with zero attached hydrogens (tertiary/aromatic N) is 1. The molecule has 0 bridgehead atoms. The molecule has 1 amide bonds. The normalized spacial score (nSPS) is 10.2. The molecule has 0 aliphatic heterocycles. The molecule has 2 rings (SSSR count). The SMILES string of the molecule is O=C(CCCCCl)NN(Cc1ccccc1)c1ccccc1. The maximum atomic E-state index is 12.1. The Labute approximate surface area is 136 Å². The maximum Gasteiger partial charge on any atom is 0.238 e. The van der Waals surface area contributed by atoms with E-state index in [1.807, 2.05) is 53.5 Å². The Morgan fingerprint density at radius 3 is 2.23 bits per heavy atom. The van der Waals surface area contributed by atoms with Gasteiger partial charge in [0, 0.05) is 12.3 Å². The molecule has 116 valence electrons. The zero-order chi connectivity index (χ0) is 15.6. The summed E-state index contributed by atoms with van der Waals surface area (Å²) in [6, 6.07) is 20.0. The summed E-state index contributed by atoms with van der Waals surface area (Å²) in [5, 5.41) is 1.89. The topological polar surface area (TPSA) is 32.3 Å². The van der Waals surface area contributed by atoms with Crippen LogP contribution in [-0.4, -0.2) is 11.8 Å². The number of para-hydroxylation sites is 1. The first-order chi connectivity index (χ1) is 10.8. The quantitative estimate of drug-likeness (QED) is 0.451. The molecule has 2 aromatic rings. The molecule has 0 unspecified atom stereocenters. The lowest BCUT2D eigenvalue weighted by atomic mass is 10.2. The summed E-state index contributed by atoms with van der Waals surface area (Å²) in [5.41, 5.74) is 5.11. The Morgan fingerprint density at radius 2 is 1.59 bits per heavy atom. The van der Waals surface area contributed by atoms with Crippen molar-refractivity contribution >= 4 is 23.2 Å². The van der Waals surface area contributed by atoms with E-state index >= 15 is 0 Å². The highest BCUT2D eigenvalue weighted by atomic mass is 35.5. The lowest BCUT2D eigenvalue weighted by Gasteiger charge is -2.25. The molecule has 2 aromatic carbocycles. The highest BCUT2D eigenvalue weighted by Gasteiger charge is 2.10. The van der Waals surface area contributed by atoms with Crippen molar-refractivity contribution in [1.82, 2.24) is 5.43 Å². The van der Waals surface area contributed by atoms with Crippen LogP contribution in [0, 0.1) is 0 Å². The van der Waals surface area contributed by atoms with Gasteiger partial charge in [-0.3, -0.25) is 15.2 Å². The van der Waals surface area contributed by atoms with Crippen LogP contribution in [0.1, 0.15) is 24.8 Å². The minimum Gasteiger partial charge on any atom is -0.281 e. The Kier molecular flexibility index (Phi) is 6.78. The van der Waals surface area contributed by atoms with Crippen LogP contribution in [0.2, 0.25) is 0 Å². The van der Waals surface area contributed by atoms with Crippen LogP contribution in [0.25, 0.3) is 0 Å². The van der Waals surface area contributed by atoms with Gasteiger partial charge in [-0.2, -0.15) is 0 Å². The molecule has 0 saturated heterocycles. The Bertz CT molecular complexity index is 560. The van der Waals surface area contributed by atoms with E-state index in [2.05, 4.69) is 17.6 Å². The summed E-state index contributed by atoms with van der Waals surface area (Å²) in [5.74, 6) is 0.615. The molecule has 0 radical (unpaired) electrons. The molecular weight excluding hydrogens is 296 g/mol. The highest BCUT2D eigenvalue weighted by Crippen LogP contribution is 2.15. The third-order valence-electron chi connectivity index (χ3n) is 3.30. The molecule has 4 heteroatoms. The number of amides is 1. The van der Waals surface area contributed by atoms with E-state index in [1.54, 1.807) is 0 Å². The summed E-state index contributed by atoms with van der Waals surface area (Å²) >= 11 is 5.65. The number of rotatable bonds is 8. The van der Waals surface area contributed by atoms with Crippen molar-refractivity contribution in [3.63, 3.8) is 0 Å². The zero-order valence-corrected chi connectivity index (χ0v) is 13.3. The fourth-order valence-electron chi connectivity index (χ4n) is 2.16. The standard InChI is InChI=1S/C18H21ClN2O/c19-14-8-7-13-18(22)20-21(17-11-5-2-6-12-17)15-16-9-3-1-4-10-16/h1-6,9-12H,7-8,13-15H2,(H,20,22). The van der Waals surface area contributed by atoms with Gasteiger partial charge in [-0.15, -0.1) is 11.6 Å². The smallest absolute Gasteiger partial charge is 0.238 e. The second-order valence-corrected chi connectivity index (χ2v) is 5.47. The molecular formula is C18H21ClN2O. The number of hydrogen-bond donors (Lipinski definition) is 1. The number of halogens is 1. The van der Waals surface area contributed by atoms with Crippen LogP contribution in [0.5, 0.6) is 0 Å². The number of nitrogens with one attached hydrogen (secondary N) is 1. The van der Waals surface area contributed by atoms with Gasteiger partial charge in [-0.05, 0) is 30.5 Å². The summed E-state index contributed by atoms with van der Waals surface area (Å²) < 4.78 is 0. The van der Waals surface area contributed by atoms with Crippen molar-refractivity contribution in [3.05, 3.63) is 66.2 Å². The van der Waals surface area contributed by atoms with Gasteiger partial charge < -0.3 is 0 Å². The fourth-order valence-corrected chi connectivity index (χ4v) is 2.34. The second kappa shape index (κ2) is 9.11. The van der Waals surface area contributed by atoms with Gasteiger partial charge in [0.05, 0.1) is 12.2 Å². The third kappa shape index (κ3) is 5.41. The predicted octanol–water partition coefficient (Wildman–Crippen LogP) is 4.13. The molecule has 3 nitrogen and oxygen atoms in total. The van der Waals surface area contributed by atoms with Crippen LogP contribution in [-0.2, 0) is 11.3 Å². The van der Waals surface area contributed by atoms with Crippen molar-refractivity contribution in [2.45, 2.75) is 25.8 Å². The molecule has 0 atom stereocenters. The lowest BCUT2D eigenvalue weighted by molar-refractivity contribution is -0.121. The van der Waals surface area contributed by atoms with E-state index in [1.165, 1.54) is 0 Å².